The molecule has 3 aliphatic rings. The van der Waals surface area contributed by atoms with Crippen molar-refractivity contribution in [2.75, 3.05) is 19.6 Å². The molecule has 3 saturated heterocycles. The highest BCUT2D eigenvalue weighted by Gasteiger charge is 2.35. The maximum atomic E-state index is 13.0. The smallest absolute Gasteiger partial charge is 0.270 e. The van der Waals surface area contributed by atoms with Crippen LogP contribution in [0.3, 0.4) is 0 Å². The van der Waals surface area contributed by atoms with Crippen molar-refractivity contribution in [1.82, 2.24) is 15.2 Å². The Hall–Kier alpha value is -2.71. The van der Waals surface area contributed by atoms with E-state index in [0.29, 0.717) is 16.9 Å². The van der Waals surface area contributed by atoms with Gasteiger partial charge in [0.2, 0.25) is 9.84 Å². The van der Waals surface area contributed by atoms with E-state index in [-0.39, 0.29) is 27.4 Å². The number of piperidine rings is 3. The lowest BCUT2D eigenvalue weighted by Gasteiger charge is -2.44. The molecule has 29 heavy (non-hydrogen) atoms. The number of carbonyl (C=O) groups excluding carboxylic acids is 1. The van der Waals surface area contributed by atoms with Crippen molar-refractivity contribution in [3.63, 3.8) is 0 Å². The fraction of sp³-hybridized carbons (Fsp3) is 0.333. The van der Waals surface area contributed by atoms with E-state index < -0.39 is 9.84 Å². The van der Waals surface area contributed by atoms with Crippen LogP contribution < -0.4 is 5.32 Å². The molecule has 2 aromatic heterocycles. The molecular weight excluding hydrogens is 390 g/mol. The molecule has 0 radical (unpaired) electrons. The fourth-order valence-corrected chi connectivity index (χ4v) is 5.73. The predicted octanol–water partition coefficient (Wildman–Crippen LogP) is 2.48. The number of hydrogen-bond acceptors (Lipinski definition) is 6. The Balaban J connectivity index is 1.46. The predicted molar refractivity (Wildman–Crippen MR) is 106 cm³/mol. The van der Waals surface area contributed by atoms with Gasteiger partial charge in [0.1, 0.15) is 16.9 Å². The third-order valence-corrected chi connectivity index (χ3v) is 7.76. The third kappa shape index (κ3) is 3.22. The zero-order valence-electron chi connectivity index (χ0n) is 15.7. The summed E-state index contributed by atoms with van der Waals surface area (Å²) in [5.41, 5.74) is 0.527. The molecule has 1 N–H and O–H groups in total. The zero-order valence-corrected chi connectivity index (χ0v) is 16.6. The highest BCUT2D eigenvalue weighted by atomic mass is 32.2. The summed E-state index contributed by atoms with van der Waals surface area (Å²) in [6, 6.07) is 9.79. The van der Waals surface area contributed by atoms with Gasteiger partial charge in [-0.2, -0.15) is 0 Å². The molecule has 5 heterocycles. The second kappa shape index (κ2) is 6.96. The molecule has 6 rings (SSSR count). The summed E-state index contributed by atoms with van der Waals surface area (Å²) in [5, 5.41) is 3.45. The quantitative estimate of drug-likeness (QED) is 0.709. The van der Waals surface area contributed by atoms with Crippen molar-refractivity contribution >= 4 is 26.7 Å². The average Bonchev–Trinajstić information content (AvgIpc) is 3.19. The normalized spacial score (nSPS) is 23.9. The van der Waals surface area contributed by atoms with E-state index in [1.54, 1.807) is 18.2 Å². The Kier molecular flexibility index (Phi) is 4.40. The Morgan fingerprint density at radius 3 is 2.62 bits per heavy atom. The number of amides is 1. The van der Waals surface area contributed by atoms with Gasteiger partial charge in [-0.25, -0.2) is 13.4 Å². The van der Waals surface area contributed by atoms with Crippen LogP contribution in [0.25, 0.3) is 11.0 Å². The van der Waals surface area contributed by atoms with Crippen molar-refractivity contribution in [1.29, 1.82) is 0 Å². The van der Waals surface area contributed by atoms with Gasteiger partial charge >= 0.3 is 0 Å². The van der Waals surface area contributed by atoms with Crippen LogP contribution in [0.4, 0.5) is 0 Å². The standard InChI is InChI=1S/C21H21N3O4S/c25-21(23-18-12-24-8-6-14(18)7-9-24)17-10-16-19(11-22-17)28-13-20(16)29(26,27)15-4-2-1-3-5-15/h1-5,10-11,13-14,18H,6-9,12H2,(H,23,25)/t18-/m0/s1. The van der Waals surface area contributed by atoms with Crippen molar-refractivity contribution in [2.45, 2.75) is 28.7 Å². The molecule has 3 aliphatic heterocycles. The van der Waals surface area contributed by atoms with Crippen LogP contribution in [0.2, 0.25) is 0 Å². The van der Waals surface area contributed by atoms with Crippen molar-refractivity contribution in [2.24, 2.45) is 5.92 Å². The largest absolute Gasteiger partial charge is 0.461 e. The number of hydrogen-bond donors (Lipinski definition) is 1. The lowest BCUT2D eigenvalue weighted by molar-refractivity contribution is 0.0618. The number of nitrogens with one attached hydrogen (secondary N) is 1. The van der Waals surface area contributed by atoms with Gasteiger partial charge in [-0.1, -0.05) is 18.2 Å². The maximum absolute atomic E-state index is 13.0. The first kappa shape index (κ1) is 18.3. The van der Waals surface area contributed by atoms with Crippen molar-refractivity contribution < 1.29 is 17.6 Å². The summed E-state index contributed by atoms with van der Waals surface area (Å²) in [6.45, 7) is 3.05. The number of furan rings is 1. The van der Waals surface area contributed by atoms with Crippen LogP contribution in [0.1, 0.15) is 23.3 Å². The molecule has 1 amide bonds. The van der Waals surface area contributed by atoms with E-state index in [2.05, 4.69) is 15.2 Å². The minimum absolute atomic E-state index is 0.0398. The van der Waals surface area contributed by atoms with E-state index in [1.165, 1.54) is 30.7 Å². The SMILES string of the molecule is O=C(N[C@H]1CN2CCC1CC2)c1cc2c(S(=O)(=O)c3ccccc3)coc2cn1. The number of sulfone groups is 1. The van der Waals surface area contributed by atoms with Crippen molar-refractivity contribution in [3.05, 3.63) is 54.6 Å². The molecule has 0 saturated carbocycles. The lowest BCUT2D eigenvalue weighted by atomic mass is 9.84. The Morgan fingerprint density at radius 2 is 1.93 bits per heavy atom. The molecule has 1 aromatic carbocycles. The Bertz CT molecular complexity index is 1170. The number of fused-ring (bicyclic) bond motifs is 4. The van der Waals surface area contributed by atoms with Gasteiger partial charge in [-0.15, -0.1) is 0 Å². The highest BCUT2D eigenvalue weighted by molar-refractivity contribution is 7.91. The molecule has 1 atom stereocenters. The van der Waals surface area contributed by atoms with E-state index in [9.17, 15) is 13.2 Å². The fourth-order valence-electron chi connectivity index (χ4n) is 4.34. The topological polar surface area (TPSA) is 92.5 Å². The van der Waals surface area contributed by atoms with Gasteiger partial charge in [0.15, 0.2) is 5.58 Å². The van der Waals surface area contributed by atoms with Crippen LogP contribution >= 0.6 is 0 Å². The molecule has 150 valence electrons. The molecule has 0 aliphatic carbocycles. The molecular formula is C21H21N3O4S. The van der Waals surface area contributed by atoms with E-state index in [4.69, 9.17) is 4.42 Å². The van der Waals surface area contributed by atoms with Gasteiger partial charge in [-0.05, 0) is 50.0 Å². The van der Waals surface area contributed by atoms with Crippen LogP contribution in [-0.2, 0) is 9.84 Å². The minimum Gasteiger partial charge on any atom is -0.461 e. The lowest BCUT2D eigenvalue weighted by Crippen LogP contribution is -2.57. The van der Waals surface area contributed by atoms with E-state index >= 15 is 0 Å². The summed E-state index contributed by atoms with van der Waals surface area (Å²) >= 11 is 0. The molecule has 3 fully saturated rings. The number of rotatable bonds is 4. The monoisotopic (exact) mass is 411 g/mol. The zero-order chi connectivity index (χ0) is 20.0. The molecule has 2 bridgehead atoms. The third-order valence-electron chi connectivity index (χ3n) is 5.97. The number of carbonyl (C=O) groups is 1. The Morgan fingerprint density at radius 1 is 1.17 bits per heavy atom. The summed E-state index contributed by atoms with van der Waals surface area (Å²) in [4.78, 5) is 19.6. The van der Waals surface area contributed by atoms with Crippen LogP contribution in [-0.4, -0.2) is 49.9 Å². The van der Waals surface area contributed by atoms with Crippen LogP contribution in [0, 0.1) is 5.92 Å². The summed E-state index contributed by atoms with van der Waals surface area (Å²) in [6.07, 6.45) is 4.81. The summed E-state index contributed by atoms with van der Waals surface area (Å²) < 4.78 is 31.4. The molecule has 0 spiro atoms. The molecule has 7 nitrogen and oxygen atoms in total. The van der Waals surface area contributed by atoms with Gasteiger partial charge in [0.05, 0.1) is 11.1 Å². The summed E-state index contributed by atoms with van der Waals surface area (Å²) in [5.74, 6) is 0.213. The number of aromatic nitrogens is 1. The maximum Gasteiger partial charge on any atom is 0.270 e. The number of benzene rings is 1. The first-order valence-corrected chi connectivity index (χ1v) is 11.2. The Labute approximate surface area is 168 Å². The van der Waals surface area contributed by atoms with Crippen LogP contribution in [0.5, 0.6) is 0 Å². The first-order chi connectivity index (χ1) is 14.0. The van der Waals surface area contributed by atoms with Gasteiger partial charge in [0, 0.05) is 18.0 Å². The van der Waals surface area contributed by atoms with E-state index in [0.717, 1.165) is 32.5 Å². The van der Waals surface area contributed by atoms with Crippen molar-refractivity contribution in [3.8, 4) is 0 Å². The van der Waals surface area contributed by atoms with Gasteiger partial charge < -0.3 is 14.6 Å². The minimum atomic E-state index is -3.76. The van der Waals surface area contributed by atoms with Gasteiger partial charge in [-0.3, -0.25) is 4.79 Å². The summed E-state index contributed by atoms with van der Waals surface area (Å²) in [7, 11) is -3.76. The highest BCUT2D eigenvalue weighted by Crippen LogP contribution is 2.31. The number of pyridine rings is 1. The first-order valence-electron chi connectivity index (χ1n) is 9.73. The van der Waals surface area contributed by atoms with Crippen LogP contribution in [0.15, 0.2) is 63.1 Å². The second-order valence-electron chi connectivity index (χ2n) is 7.70. The molecule has 0 unspecified atom stereocenters. The average molecular weight is 411 g/mol. The second-order valence-corrected chi connectivity index (χ2v) is 9.62. The molecule has 3 aromatic rings. The van der Waals surface area contributed by atoms with Gasteiger partial charge in [0.25, 0.3) is 5.91 Å². The number of nitrogens with zero attached hydrogens (tertiary/aromatic N) is 2. The molecule has 8 heteroatoms. The van der Waals surface area contributed by atoms with E-state index in [1.807, 2.05) is 0 Å².